The zero-order valence-electron chi connectivity index (χ0n) is 17.8. The van der Waals surface area contributed by atoms with Crippen LogP contribution in [0.5, 0.6) is 5.75 Å². The van der Waals surface area contributed by atoms with E-state index in [9.17, 15) is 14.7 Å². The average molecular weight is 470 g/mol. The summed E-state index contributed by atoms with van der Waals surface area (Å²) in [5.41, 5.74) is 8.84. The number of nitrogens with two attached hydrogens (primary N) is 1. The minimum Gasteiger partial charge on any atom is -0.508 e. The molecule has 0 fully saturated rings. The van der Waals surface area contributed by atoms with Gasteiger partial charge in [0.15, 0.2) is 0 Å². The monoisotopic (exact) mass is 469 g/mol. The predicted octanol–water partition coefficient (Wildman–Crippen LogP) is 4.00. The van der Waals surface area contributed by atoms with E-state index in [0.717, 1.165) is 11.1 Å². The maximum absolute atomic E-state index is 13.5. The van der Waals surface area contributed by atoms with Crippen LogP contribution in [0, 0.1) is 0 Å². The third kappa shape index (κ3) is 4.04. The molecular formula is C25H19N5O3S. The Hall–Kier alpha value is -4.37. The van der Waals surface area contributed by atoms with Crippen molar-refractivity contribution < 1.29 is 14.7 Å². The highest BCUT2D eigenvalue weighted by atomic mass is 32.1. The van der Waals surface area contributed by atoms with Gasteiger partial charge in [0.1, 0.15) is 16.5 Å². The molecule has 4 aromatic rings. The van der Waals surface area contributed by atoms with Crippen LogP contribution in [0.25, 0.3) is 10.6 Å². The standard InChI is InChI=1S/C25H19N5O3S/c26-23(32)15-7-9-16(10-8-15)24-28-20(14-34-24)25(33)30-21(18-5-1-2-6-22(18)31)12-19(29-30)17-4-3-11-27-13-17/h1-11,13-14,21,31H,12H2,(H2,26,32). The number of hydrogen-bond acceptors (Lipinski definition) is 7. The maximum Gasteiger partial charge on any atom is 0.294 e. The van der Waals surface area contributed by atoms with Crippen LogP contribution in [0.4, 0.5) is 0 Å². The van der Waals surface area contributed by atoms with Crippen LogP contribution < -0.4 is 5.73 Å². The summed E-state index contributed by atoms with van der Waals surface area (Å²) in [6.45, 7) is 0. The van der Waals surface area contributed by atoms with Crippen LogP contribution in [0.1, 0.15) is 44.4 Å². The Labute approximate surface area is 199 Å². The normalized spacial score (nSPS) is 15.2. The van der Waals surface area contributed by atoms with Crippen molar-refractivity contribution in [3.8, 4) is 16.3 Å². The number of pyridine rings is 1. The second-order valence-corrected chi connectivity index (χ2v) is 8.55. The molecule has 2 aromatic heterocycles. The summed E-state index contributed by atoms with van der Waals surface area (Å²) in [7, 11) is 0. The molecule has 1 aliphatic rings. The molecule has 2 aromatic carbocycles. The van der Waals surface area contributed by atoms with Crippen molar-refractivity contribution in [1.82, 2.24) is 15.0 Å². The lowest BCUT2D eigenvalue weighted by Gasteiger charge is -2.22. The largest absolute Gasteiger partial charge is 0.508 e. The van der Waals surface area contributed by atoms with E-state index in [0.29, 0.717) is 28.3 Å². The van der Waals surface area contributed by atoms with Gasteiger partial charge in [-0.05, 0) is 24.3 Å². The van der Waals surface area contributed by atoms with E-state index in [4.69, 9.17) is 5.73 Å². The number of amides is 2. The van der Waals surface area contributed by atoms with Crippen LogP contribution in [0.3, 0.4) is 0 Å². The fraction of sp³-hybridized carbons (Fsp3) is 0.0800. The van der Waals surface area contributed by atoms with Gasteiger partial charge in [-0.15, -0.1) is 11.3 Å². The summed E-state index contributed by atoms with van der Waals surface area (Å²) in [6.07, 6.45) is 3.81. The Morgan fingerprint density at radius 3 is 2.53 bits per heavy atom. The molecule has 0 saturated carbocycles. The quantitative estimate of drug-likeness (QED) is 0.457. The average Bonchev–Trinajstić information content (AvgIpc) is 3.53. The summed E-state index contributed by atoms with van der Waals surface area (Å²) in [4.78, 5) is 33.5. The Bertz CT molecular complexity index is 1400. The van der Waals surface area contributed by atoms with Gasteiger partial charge in [-0.3, -0.25) is 14.6 Å². The highest BCUT2D eigenvalue weighted by Crippen LogP contribution is 2.38. The molecule has 0 bridgehead atoms. The van der Waals surface area contributed by atoms with Crippen LogP contribution >= 0.6 is 11.3 Å². The lowest BCUT2D eigenvalue weighted by molar-refractivity contribution is 0.0704. The van der Waals surface area contributed by atoms with Crippen molar-refractivity contribution in [1.29, 1.82) is 0 Å². The maximum atomic E-state index is 13.5. The molecule has 1 atom stereocenters. The summed E-state index contributed by atoms with van der Waals surface area (Å²) in [5, 5.41) is 18.8. The molecule has 1 unspecified atom stereocenters. The van der Waals surface area contributed by atoms with Crippen molar-refractivity contribution >= 4 is 28.9 Å². The number of benzene rings is 2. The molecule has 8 nitrogen and oxygen atoms in total. The Kier molecular flexibility index (Phi) is 5.60. The van der Waals surface area contributed by atoms with Gasteiger partial charge in [0.05, 0.1) is 11.8 Å². The second-order valence-electron chi connectivity index (χ2n) is 7.70. The minimum atomic E-state index is -0.506. The highest BCUT2D eigenvalue weighted by molar-refractivity contribution is 7.13. The van der Waals surface area contributed by atoms with Crippen molar-refractivity contribution in [3.63, 3.8) is 0 Å². The van der Waals surface area contributed by atoms with Crippen molar-refractivity contribution in [2.45, 2.75) is 12.5 Å². The molecule has 0 radical (unpaired) electrons. The van der Waals surface area contributed by atoms with Gasteiger partial charge < -0.3 is 10.8 Å². The van der Waals surface area contributed by atoms with E-state index in [1.54, 1.807) is 60.2 Å². The fourth-order valence-electron chi connectivity index (χ4n) is 3.82. The zero-order chi connectivity index (χ0) is 23.7. The summed E-state index contributed by atoms with van der Waals surface area (Å²) < 4.78 is 0. The molecule has 0 saturated heterocycles. The third-order valence-electron chi connectivity index (χ3n) is 5.55. The number of nitrogens with zero attached hydrogens (tertiary/aromatic N) is 4. The number of phenolic OH excluding ortho intramolecular Hbond substituents is 1. The number of aromatic hydroxyl groups is 1. The van der Waals surface area contributed by atoms with Gasteiger partial charge in [0, 0.05) is 46.4 Å². The number of aromatic nitrogens is 2. The van der Waals surface area contributed by atoms with Crippen LogP contribution in [0.2, 0.25) is 0 Å². The topological polar surface area (TPSA) is 122 Å². The molecule has 5 rings (SSSR count). The second kappa shape index (κ2) is 8.87. The van der Waals surface area contributed by atoms with E-state index in [1.807, 2.05) is 18.2 Å². The molecule has 2 amide bonds. The molecule has 168 valence electrons. The summed E-state index contributed by atoms with van der Waals surface area (Å²) in [5.74, 6) is -0.780. The van der Waals surface area contributed by atoms with E-state index in [1.165, 1.54) is 16.3 Å². The number of carbonyl (C=O) groups is 2. The van der Waals surface area contributed by atoms with E-state index >= 15 is 0 Å². The third-order valence-corrected chi connectivity index (χ3v) is 6.44. The van der Waals surface area contributed by atoms with Crippen LogP contribution in [-0.4, -0.2) is 37.6 Å². The molecule has 0 spiro atoms. The molecule has 3 heterocycles. The number of hydrogen-bond donors (Lipinski definition) is 2. The molecule has 1 aliphatic heterocycles. The summed E-state index contributed by atoms with van der Waals surface area (Å²) in [6, 6.07) is 16.9. The lowest BCUT2D eigenvalue weighted by Crippen LogP contribution is -2.27. The predicted molar refractivity (Wildman–Crippen MR) is 128 cm³/mol. The first-order valence-electron chi connectivity index (χ1n) is 10.5. The first-order valence-corrected chi connectivity index (χ1v) is 11.3. The van der Waals surface area contributed by atoms with Gasteiger partial charge >= 0.3 is 0 Å². The zero-order valence-corrected chi connectivity index (χ0v) is 18.6. The number of hydrazone groups is 1. The van der Waals surface area contributed by atoms with Crippen molar-refractivity contribution in [2.24, 2.45) is 10.8 Å². The molecule has 9 heteroatoms. The number of phenols is 1. The summed E-state index contributed by atoms with van der Waals surface area (Å²) >= 11 is 1.32. The Balaban J connectivity index is 1.48. The van der Waals surface area contributed by atoms with Crippen molar-refractivity contribution in [2.75, 3.05) is 0 Å². The van der Waals surface area contributed by atoms with Crippen molar-refractivity contribution in [3.05, 3.63) is 101 Å². The van der Waals surface area contributed by atoms with Gasteiger partial charge in [-0.1, -0.05) is 36.4 Å². The first-order chi connectivity index (χ1) is 16.5. The van der Waals surface area contributed by atoms with Crippen LogP contribution in [0.15, 0.2) is 83.5 Å². The Morgan fingerprint density at radius 2 is 1.82 bits per heavy atom. The van der Waals surface area contributed by atoms with Gasteiger partial charge in [-0.2, -0.15) is 5.10 Å². The number of para-hydroxylation sites is 1. The SMILES string of the molecule is NC(=O)c1ccc(-c2nc(C(=O)N3N=C(c4cccnc4)CC3c3ccccc3O)cs2)cc1. The van der Waals surface area contributed by atoms with E-state index < -0.39 is 11.9 Å². The minimum absolute atomic E-state index is 0.0986. The Morgan fingerprint density at radius 1 is 1.03 bits per heavy atom. The van der Waals surface area contributed by atoms with Gasteiger partial charge in [0.2, 0.25) is 5.91 Å². The number of carbonyl (C=O) groups excluding carboxylic acids is 2. The molecule has 0 aliphatic carbocycles. The van der Waals surface area contributed by atoms with E-state index in [2.05, 4.69) is 15.1 Å². The fourth-order valence-corrected chi connectivity index (χ4v) is 4.62. The van der Waals surface area contributed by atoms with E-state index in [-0.39, 0.29) is 17.4 Å². The smallest absolute Gasteiger partial charge is 0.294 e. The van der Waals surface area contributed by atoms with Gasteiger partial charge in [0.25, 0.3) is 5.91 Å². The van der Waals surface area contributed by atoms with Gasteiger partial charge in [-0.25, -0.2) is 9.99 Å². The number of thiazole rings is 1. The highest BCUT2D eigenvalue weighted by Gasteiger charge is 2.36. The first kappa shape index (κ1) is 21.5. The number of primary amides is 1. The van der Waals surface area contributed by atoms with Crippen LogP contribution in [-0.2, 0) is 0 Å². The molecule has 3 N–H and O–H groups in total. The molecule has 34 heavy (non-hydrogen) atoms. The molecular weight excluding hydrogens is 450 g/mol. The number of rotatable bonds is 5. The lowest BCUT2D eigenvalue weighted by atomic mass is 9.98.